The lowest BCUT2D eigenvalue weighted by molar-refractivity contribution is -0.112. The topological polar surface area (TPSA) is 105 Å². The monoisotopic (exact) mass is 490 g/mol. The lowest BCUT2D eigenvalue weighted by Crippen LogP contribution is -2.13. The molecule has 0 saturated carbocycles. The van der Waals surface area contributed by atoms with Crippen LogP contribution < -0.4 is 14.2 Å². The molecule has 7 nitrogen and oxygen atoms in total. The fraction of sp³-hybridized carbons (Fsp3) is 0.185. The first kappa shape index (κ1) is 25.5. The lowest BCUT2D eigenvalue weighted by atomic mass is 10.1. The van der Waals surface area contributed by atoms with Gasteiger partial charge in [0.2, 0.25) is 0 Å². The van der Waals surface area contributed by atoms with Crippen LogP contribution in [-0.4, -0.2) is 20.9 Å². The van der Waals surface area contributed by atoms with Crippen molar-refractivity contribution in [3.8, 4) is 17.6 Å². The second-order valence-corrected chi connectivity index (χ2v) is 9.21. The summed E-state index contributed by atoms with van der Waals surface area (Å²) < 4.78 is 36.3. The molecule has 1 N–H and O–H groups in total. The number of rotatable bonds is 9. The van der Waals surface area contributed by atoms with E-state index in [-0.39, 0.29) is 28.6 Å². The Hall–Kier alpha value is -4.09. The van der Waals surface area contributed by atoms with Crippen LogP contribution >= 0.6 is 0 Å². The van der Waals surface area contributed by atoms with E-state index in [4.69, 9.17) is 8.92 Å². The second-order valence-electron chi connectivity index (χ2n) is 7.66. The summed E-state index contributed by atoms with van der Waals surface area (Å²) >= 11 is 0. The summed E-state index contributed by atoms with van der Waals surface area (Å²) in [5.41, 5.74) is 2.99. The third kappa shape index (κ3) is 6.71. The van der Waals surface area contributed by atoms with Gasteiger partial charge in [-0.2, -0.15) is 13.7 Å². The Morgan fingerprint density at radius 2 is 1.69 bits per heavy atom. The van der Waals surface area contributed by atoms with E-state index in [1.807, 2.05) is 32.0 Å². The lowest BCUT2D eigenvalue weighted by Gasteiger charge is -2.13. The smallest absolute Gasteiger partial charge is 0.339 e. The molecule has 1 amide bonds. The highest BCUT2D eigenvalue weighted by Gasteiger charge is 2.20. The summed E-state index contributed by atoms with van der Waals surface area (Å²) in [6.07, 6.45) is 2.28. The normalized spacial score (nSPS) is 11.4. The molecule has 0 aliphatic rings. The predicted molar refractivity (Wildman–Crippen MR) is 135 cm³/mol. The van der Waals surface area contributed by atoms with Gasteiger partial charge in [-0.3, -0.25) is 4.79 Å². The summed E-state index contributed by atoms with van der Waals surface area (Å²) in [5.74, 6) is -0.384. The van der Waals surface area contributed by atoms with Crippen molar-refractivity contribution in [1.29, 1.82) is 5.26 Å². The third-order valence-corrected chi connectivity index (χ3v) is 6.32. The number of nitrogens with one attached hydrogen (secondary N) is 1. The third-order valence-electron chi connectivity index (χ3n) is 5.07. The number of nitriles is 1. The molecule has 0 aliphatic heterocycles. The molecule has 3 aromatic carbocycles. The van der Waals surface area contributed by atoms with Crippen molar-refractivity contribution in [1.82, 2.24) is 0 Å². The first-order chi connectivity index (χ1) is 16.7. The molecule has 0 heterocycles. The van der Waals surface area contributed by atoms with Gasteiger partial charge in [0, 0.05) is 5.69 Å². The summed E-state index contributed by atoms with van der Waals surface area (Å²) in [6.45, 7) is 5.90. The van der Waals surface area contributed by atoms with Crippen molar-refractivity contribution in [2.45, 2.75) is 32.1 Å². The van der Waals surface area contributed by atoms with Crippen LogP contribution in [0.4, 0.5) is 5.69 Å². The Kier molecular flexibility index (Phi) is 8.29. The number of hydrogen-bond donors (Lipinski definition) is 1. The Morgan fingerprint density at radius 1 is 1.00 bits per heavy atom. The highest BCUT2D eigenvalue weighted by atomic mass is 32.2. The maximum Gasteiger partial charge on any atom is 0.339 e. The molecular formula is C27H26N2O5S. The van der Waals surface area contributed by atoms with Gasteiger partial charge in [0.15, 0.2) is 11.5 Å². The van der Waals surface area contributed by atoms with E-state index in [0.717, 1.165) is 17.5 Å². The quantitative estimate of drug-likeness (QED) is 0.249. The average Bonchev–Trinajstić information content (AvgIpc) is 2.84. The minimum Gasteiger partial charge on any atom is -0.490 e. The summed E-state index contributed by atoms with van der Waals surface area (Å²) in [7, 11) is -4.08. The predicted octanol–water partition coefficient (Wildman–Crippen LogP) is 5.27. The maximum absolute atomic E-state index is 12.7. The van der Waals surface area contributed by atoms with Gasteiger partial charge in [0.05, 0.1) is 6.61 Å². The molecule has 0 unspecified atom stereocenters. The van der Waals surface area contributed by atoms with E-state index >= 15 is 0 Å². The molecule has 0 saturated heterocycles. The van der Waals surface area contributed by atoms with Gasteiger partial charge < -0.3 is 14.2 Å². The SMILES string of the molecule is CCOc1cc(/C=C(\C#N)C(=O)Nc2ccc(CC)cc2)ccc1OS(=O)(=O)c1ccc(C)cc1. The number of anilines is 1. The van der Waals surface area contributed by atoms with Gasteiger partial charge in [-0.1, -0.05) is 42.8 Å². The van der Waals surface area contributed by atoms with E-state index < -0.39 is 16.0 Å². The van der Waals surface area contributed by atoms with Crippen molar-refractivity contribution in [3.05, 3.63) is 89.0 Å². The van der Waals surface area contributed by atoms with Crippen LogP contribution in [0.3, 0.4) is 0 Å². The average molecular weight is 491 g/mol. The highest BCUT2D eigenvalue weighted by Crippen LogP contribution is 2.32. The Morgan fingerprint density at radius 3 is 2.29 bits per heavy atom. The maximum atomic E-state index is 12.7. The van der Waals surface area contributed by atoms with Crippen LogP contribution in [0.1, 0.15) is 30.5 Å². The number of amides is 1. The zero-order chi connectivity index (χ0) is 25.4. The molecule has 0 bridgehead atoms. The molecule has 0 atom stereocenters. The van der Waals surface area contributed by atoms with Crippen molar-refractivity contribution in [2.75, 3.05) is 11.9 Å². The number of carbonyl (C=O) groups is 1. The number of hydrogen-bond acceptors (Lipinski definition) is 6. The summed E-state index contributed by atoms with van der Waals surface area (Å²) in [6, 6.07) is 20.1. The van der Waals surface area contributed by atoms with Crippen molar-refractivity contribution in [3.63, 3.8) is 0 Å². The van der Waals surface area contributed by atoms with Crippen LogP contribution in [0.25, 0.3) is 6.08 Å². The molecule has 0 aliphatic carbocycles. The first-order valence-corrected chi connectivity index (χ1v) is 12.5. The molecule has 180 valence electrons. The van der Waals surface area contributed by atoms with Crippen molar-refractivity contribution < 1.29 is 22.1 Å². The molecule has 3 rings (SSSR count). The second kappa shape index (κ2) is 11.4. The number of benzene rings is 3. The van der Waals surface area contributed by atoms with Crippen LogP contribution in [0.2, 0.25) is 0 Å². The van der Waals surface area contributed by atoms with Gasteiger partial charge in [0.1, 0.15) is 16.5 Å². The van der Waals surface area contributed by atoms with Crippen molar-refractivity contribution >= 4 is 27.8 Å². The van der Waals surface area contributed by atoms with Gasteiger partial charge in [-0.15, -0.1) is 0 Å². The molecule has 8 heteroatoms. The van der Waals surface area contributed by atoms with E-state index in [1.165, 1.54) is 30.3 Å². The summed E-state index contributed by atoms with van der Waals surface area (Å²) in [5, 5.41) is 12.2. The van der Waals surface area contributed by atoms with E-state index in [1.54, 1.807) is 37.3 Å². The first-order valence-electron chi connectivity index (χ1n) is 11.1. The highest BCUT2D eigenvalue weighted by molar-refractivity contribution is 7.87. The van der Waals surface area contributed by atoms with E-state index in [0.29, 0.717) is 11.3 Å². The standard InChI is InChI=1S/C27H26N2O5S/c1-4-20-8-11-23(12-9-20)29-27(30)22(18-28)16-21-10-15-25(26(17-21)33-5-2)34-35(31,32)24-13-6-19(3)7-14-24/h6-17H,4-5H2,1-3H3,(H,29,30)/b22-16+. The molecule has 0 aromatic heterocycles. The largest absolute Gasteiger partial charge is 0.490 e. The van der Waals surface area contributed by atoms with E-state index in [2.05, 4.69) is 5.32 Å². The Bertz CT molecular complexity index is 1370. The molecule has 0 spiro atoms. The molecular weight excluding hydrogens is 464 g/mol. The zero-order valence-corrected chi connectivity index (χ0v) is 20.6. The number of carbonyl (C=O) groups excluding carboxylic acids is 1. The number of aryl methyl sites for hydroxylation is 2. The van der Waals surface area contributed by atoms with Gasteiger partial charge in [0.25, 0.3) is 5.91 Å². The van der Waals surface area contributed by atoms with Crippen LogP contribution in [0.15, 0.2) is 77.2 Å². The number of ether oxygens (including phenoxy) is 1. The van der Waals surface area contributed by atoms with Gasteiger partial charge in [-0.05, 0) is 73.9 Å². The zero-order valence-electron chi connectivity index (χ0n) is 19.7. The Labute approximate surface area is 205 Å². The van der Waals surface area contributed by atoms with Gasteiger partial charge in [-0.25, -0.2) is 0 Å². The van der Waals surface area contributed by atoms with E-state index in [9.17, 15) is 18.5 Å². The van der Waals surface area contributed by atoms with Crippen LogP contribution in [0.5, 0.6) is 11.5 Å². The molecule has 3 aromatic rings. The molecule has 35 heavy (non-hydrogen) atoms. The molecule has 0 radical (unpaired) electrons. The molecule has 0 fully saturated rings. The van der Waals surface area contributed by atoms with Crippen LogP contribution in [-0.2, 0) is 21.3 Å². The fourth-order valence-corrected chi connectivity index (χ4v) is 4.10. The minimum absolute atomic E-state index is 0.00329. The Balaban J connectivity index is 1.85. The minimum atomic E-state index is -4.08. The summed E-state index contributed by atoms with van der Waals surface area (Å²) in [4.78, 5) is 12.6. The number of nitrogens with zero attached hydrogens (tertiary/aromatic N) is 1. The van der Waals surface area contributed by atoms with Crippen molar-refractivity contribution in [2.24, 2.45) is 0 Å². The fourth-order valence-electron chi connectivity index (χ4n) is 3.16. The van der Waals surface area contributed by atoms with Gasteiger partial charge >= 0.3 is 10.1 Å². The van der Waals surface area contributed by atoms with Crippen LogP contribution in [0, 0.1) is 18.3 Å².